The van der Waals surface area contributed by atoms with E-state index in [-0.39, 0.29) is 28.0 Å². The van der Waals surface area contributed by atoms with Gasteiger partial charge in [0.15, 0.2) is 5.82 Å². The number of aromatic nitrogens is 4. The molecule has 0 atom stereocenters. The Bertz CT molecular complexity index is 1210. The van der Waals surface area contributed by atoms with Crippen molar-refractivity contribution in [3.05, 3.63) is 87.9 Å². The van der Waals surface area contributed by atoms with Gasteiger partial charge in [-0.05, 0) is 34.2 Å². The number of halogens is 5. The second-order valence-corrected chi connectivity index (χ2v) is 7.32. The van der Waals surface area contributed by atoms with E-state index in [0.29, 0.717) is 11.4 Å². The second-order valence-electron chi connectivity index (χ2n) is 6.50. The highest BCUT2D eigenvalue weighted by Gasteiger charge is 2.31. The monoisotopic (exact) mass is 464 g/mol. The van der Waals surface area contributed by atoms with E-state index in [0.717, 1.165) is 17.7 Å². The van der Waals surface area contributed by atoms with E-state index < -0.39 is 11.7 Å². The van der Waals surface area contributed by atoms with Crippen molar-refractivity contribution in [2.24, 2.45) is 0 Å². The van der Waals surface area contributed by atoms with E-state index in [1.165, 1.54) is 22.9 Å². The molecule has 1 heterocycles. The minimum Gasteiger partial charge on any atom is -0.487 e. The van der Waals surface area contributed by atoms with Gasteiger partial charge in [-0.15, -0.1) is 5.10 Å². The number of hydrogen-bond donors (Lipinski definition) is 0. The predicted octanol–water partition coefficient (Wildman–Crippen LogP) is 6.23. The van der Waals surface area contributed by atoms with Crippen molar-refractivity contribution >= 4 is 23.2 Å². The number of nitrogens with zero attached hydrogens (tertiary/aromatic N) is 4. The van der Waals surface area contributed by atoms with Gasteiger partial charge < -0.3 is 4.74 Å². The zero-order chi connectivity index (χ0) is 22.0. The van der Waals surface area contributed by atoms with Crippen molar-refractivity contribution in [3.8, 4) is 22.8 Å². The van der Waals surface area contributed by atoms with Gasteiger partial charge in [0.2, 0.25) is 0 Å². The summed E-state index contributed by atoms with van der Waals surface area (Å²) in [5.74, 6) is 0.416. The molecule has 0 fully saturated rings. The third-order valence-corrected chi connectivity index (χ3v) is 4.98. The summed E-state index contributed by atoms with van der Waals surface area (Å²) >= 11 is 12.6. The van der Waals surface area contributed by atoms with Gasteiger partial charge in [-0.2, -0.15) is 17.9 Å². The predicted molar refractivity (Wildman–Crippen MR) is 110 cm³/mol. The summed E-state index contributed by atoms with van der Waals surface area (Å²) in [6, 6.07) is 17.2. The topological polar surface area (TPSA) is 52.8 Å². The fourth-order valence-corrected chi connectivity index (χ4v) is 3.41. The van der Waals surface area contributed by atoms with Crippen molar-refractivity contribution in [1.29, 1.82) is 0 Å². The van der Waals surface area contributed by atoms with Crippen LogP contribution in [0.5, 0.6) is 5.75 Å². The number of rotatable bonds is 5. The van der Waals surface area contributed by atoms with Gasteiger partial charge in [0.25, 0.3) is 0 Å². The van der Waals surface area contributed by atoms with Gasteiger partial charge >= 0.3 is 6.18 Å². The van der Waals surface area contributed by atoms with Crippen LogP contribution in [-0.2, 0) is 12.8 Å². The van der Waals surface area contributed by atoms with Gasteiger partial charge in [0.05, 0.1) is 21.3 Å². The largest absolute Gasteiger partial charge is 0.487 e. The molecule has 10 heteroatoms. The van der Waals surface area contributed by atoms with Crippen LogP contribution < -0.4 is 4.74 Å². The molecule has 0 aliphatic rings. The van der Waals surface area contributed by atoms with Crippen molar-refractivity contribution in [2.75, 3.05) is 0 Å². The van der Waals surface area contributed by atoms with E-state index in [4.69, 9.17) is 27.9 Å². The molecule has 0 bridgehead atoms. The summed E-state index contributed by atoms with van der Waals surface area (Å²) in [7, 11) is 0. The lowest BCUT2D eigenvalue weighted by Gasteiger charge is -2.13. The lowest BCUT2D eigenvalue weighted by atomic mass is 10.1. The van der Waals surface area contributed by atoms with E-state index in [9.17, 15) is 13.2 Å². The van der Waals surface area contributed by atoms with Crippen LogP contribution in [-0.4, -0.2) is 20.2 Å². The molecule has 3 aromatic carbocycles. The van der Waals surface area contributed by atoms with Gasteiger partial charge in [-0.3, -0.25) is 0 Å². The van der Waals surface area contributed by atoms with Crippen LogP contribution in [0.25, 0.3) is 17.1 Å². The molecule has 0 radical (unpaired) electrons. The highest BCUT2D eigenvalue weighted by molar-refractivity contribution is 6.36. The molecule has 4 aromatic rings. The minimum atomic E-state index is -4.50. The molecule has 0 saturated carbocycles. The molecule has 5 nitrogen and oxygen atoms in total. The Morgan fingerprint density at radius 2 is 1.68 bits per heavy atom. The second kappa shape index (κ2) is 8.56. The Morgan fingerprint density at radius 1 is 0.903 bits per heavy atom. The number of hydrogen-bond acceptors (Lipinski definition) is 4. The molecule has 0 saturated heterocycles. The zero-order valence-corrected chi connectivity index (χ0v) is 17.2. The number of benzene rings is 3. The maximum absolute atomic E-state index is 13.1. The van der Waals surface area contributed by atoms with Crippen molar-refractivity contribution in [3.63, 3.8) is 0 Å². The Morgan fingerprint density at radius 3 is 2.42 bits per heavy atom. The molecular formula is C21H13Cl2F3N4O. The van der Waals surface area contributed by atoms with Gasteiger partial charge in [-0.25, -0.2) is 0 Å². The molecule has 158 valence electrons. The SMILES string of the molecule is FC(F)(F)c1cccc(-c2nnnn2-c2cc(OCc3ccccc3)c(Cl)cc2Cl)c1. The Kier molecular flexibility index (Phi) is 5.84. The fourth-order valence-electron chi connectivity index (χ4n) is 2.89. The number of tetrazole rings is 1. The maximum Gasteiger partial charge on any atom is 0.416 e. The first kappa shape index (κ1) is 21.1. The molecule has 0 unspecified atom stereocenters. The first-order valence-electron chi connectivity index (χ1n) is 8.95. The maximum atomic E-state index is 13.1. The first-order chi connectivity index (χ1) is 14.8. The fraction of sp³-hybridized carbons (Fsp3) is 0.0952. The average molecular weight is 465 g/mol. The molecule has 1 aromatic heterocycles. The molecular weight excluding hydrogens is 452 g/mol. The van der Waals surface area contributed by atoms with Crippen LogP contribution in [0.15, 0.2) is 66.7 Å². The summed E-state index contributed by atoms with van der Waals surface area (Å²) in [6.45, 7) is 0.262. The number of ether oxygens (including phenoxy) is 1. The Labute approximate surface area is 185 Å². The molecule has 4 rings (SSSR count). The summed E-state index contributed by atoms with van der Waals surface area (Å²) in [4.78, 5) is 0. The quantitative estimate of drug-likeness (QED) is 0.351. The smallest absolute Gasteiger partial charge is 0.416 e. The average Bonchev–Trinajstić information content (AvgIpc) is 3.23. The lowest BCUT2D eigenvalue weighted by Crippen LogP contribution is -2.06. The molecule has 0 spiro atoms. The summed E-state index contributed by atoms with van der Waals surface area (Å²) in [5.41, 5.74) is 0.611. The third-order valence-electron chi connectivity index (χ3n) is 4.38. The highest BCUT2D eigenvalue weighted by atomic mass is 35.5. The van der Waals surface area contributed by atoms with Crippen LogP contribution in [0.1, 0.15) is 11.1 Å². The standard InChI is InChI=1S/C21H13Cl2F3N4O/c22-16-10-17(23)19(31-12-13-5-2-1-3-6-13)11-18(16)30-20(27-28-29-30)14-7-4-8-15(9-14)21(24,25)26/h1-11H,12H2. The first-order valence-corrected chi connectivity index (χ1v) is 9.70. The van der Waals surface area contributed by atoms with E-state index in [2.05, 4.69) is 15.5 Å². The minimum absolute atomic E-state index is 0.0873. The molecule has 31 heavy (non-hydrogen) atoms. The normalized spacial score (nSPS) is 11.5. The van der Waals surface area contributed by atoms with E-state index in [1.807, 2.05) is 30.3 Å². The van der Waals surface area contributed by atoms with Crippen molar-refractivity contribution in [1.82, 2.24) is 20.2 Å². The summed E-state index contributed by atoms with van der Waals surface area (Å²) in [5, 5.41) is 11.9. The van der Waals surface area contributed by atoms with Crippen molar-refractivity contribution < 1.29 is 17.9 Å². The van der Waals surface area contributed by atoms with Gasteiger partial charge in [-0.1, -0.05) is 65.7 Å². The summed E-state index contributed by atoms with van der Waals surface area (Å²) < 4.78 is 46.4. The zero-order valence-electron chi connectivity index (χ0n) is 15.6. The van der Waals surface area contributed by atoms with Gasteiger partial charge in [0, 0.05) is 11.6 Å². The number of alkyl halides is 3. The highest BCUT2D eigenvalue weighted by Crippen LogP contribution is 2.36. The summed E-state index contributed by atoms with van der Waals surface area (Å²) in [6.07, 6.45) is -4.50. The Hall–Kier alpha value is -3.10. The lowest BCUT2D eigenvalue weighted by molar-refractivity contribution is -0.137. The van der Waals surface area contributed by atoms with Crippen molar-refractivity contribution in [2.45, 2.75) is 12.8 Å². The van der Waals surface area contributed by atoms with Gasteiger partial charge in [0.1, 0.15) is 12.4 Å². The third kappa shape index (κ3) is 4.65. The molecule has 0 aliphatic carbocycles. The van der Waals surface area contributed by atoms with Crippen LogP contribution in [0, 0.1) is 0 Å². The van der Waals surface area contributed by atoms with E-state index >= 15 is 0 Å². The van der Waals surface area contributed by atoms with Crippen LogP contribution in [0.4, 0.5) is 13.2 Å². The Balaban J connectivity index is 1.71. The van der Waals surface area contributed by atoms with Crippen LogP contribution >= 0.6 is 23.2 Å². The van der Waals surface area contributed by atoms with Crippen LogP contribution in [0.3, 0.4) is 0 Å². The van der Waals surface area contributed by atoms with Crippen LogP contribution in [0.2, 0.25) is 10.0 Å². The molecule has 0 aliphatic heterocycles. The molecule has 0 amide bonds. The van der Waals surface area contributed by atoms with E-state index in [1.54, 1.807) is 6.07 Å². The molecule has 0 N–H and O–H groups in total.